The highest BCUT2D eigenvalue weighted by Gasteiger charge is 2.07. The largest absolute Gasteiger partial charge is 0.481 e. The molecule has 0 atom stereocenters. The first kappa shape index (κ1) is 15.3. The van der Waals surface area contributed by atoms with Crippen molar-refractivity contribution in [3.8, 4) is 17.0 Å². The van der Waals surface area contributed by atoms with Crippen molar-refractivity contribution in [2.75, 3.05) is 7.11 Å². The quantitative estimate of drug-likeness (QED) is 0.746. The zero-order valence-corrected chi connectivity index (χ0v) is 13.2. The number of hydrogen-bond acceptors (Lipinski definition) is 3. The number of rotatable bonds is 6. The van der Waals surface area contributed by atoms with Gasteiger partial charge in [-0.3, -0.25) is 0 Å². The number of ether oxygens (including phenoxy) is 1. The number of pyridine rings is 1. The molecule has 3 rings (SSSR count). The predicted octanol–water partition coefficient (Wildman–Crippen LogP) is 4.05. The second kappa shape index (κ2) is 7.56. The maximum atomic E-state index is 5.39. The van der Waals surface area contributed by atoms with Gasteiger partial charge < -0.3 is 10.1 Å². The number of aromatic nitrogens is 1. The van der Waals surface area contributed by atoms with Crippen molar-refractivity contribution in [2.45, 2.75) is 13.1 Å². The molecule has 0 aliphatic rings. The minimum atomic E-state index is 0.672. The van der Waals surface area contributed by atoms with Crippen molar-refractivity contribution >= 4 is 0 Å². The van der Waals surface area contributed by atoms with Gasteiger partial charge in [0.25, 0.3) is 0 Å². The summed E-state index contributed by atoms with van der Waals surface area (Å²) in [5.74, 6) is 0.672. The summed E-state index contributed by atoms with van der Waals surface area (Å²) in [6.45, 7) is 1.53. The number of hydrogen-bond donors (Lipinski definition) is 1. The summed E-state index contributed by atoms with van der Waals surface area (Å²) in [6, 6.07) is 22.8. The third-order valence-electron chi connectivity index (χ3n) is 3.71. The first-order valence-corrected chi connectivity index (χ1v) is 7.70. The molecular weight excluding hydrogens is 284 g/mol. The van der Waals surface area contributed by atoms with Crippen LogP contribution in [0.4, 0.5) is 0 Å². The van der Waals surface area contributed by atoms with Crippen LogP contribution >= 0.6 is 0 Å². The molecule has 116 valence electrons. The minimum absolute atomic E-state index is 0.672. The maximum absolute atomic E-state index is 5.39. The van der Waals surface area contributed by atoms with Crippen LogP contribution in [0.15, 0.2) is 72.9 Å². The van der Waals surface area contributed by atoms with Crippen LogP contribution in [-0.4, -0.2) is 12.1 Å². The van der Waals surface area contributed by atoms with E-state index in [1.54, 1.807) is 7.11 Å². The molecule has 1 heterocycles. The SMILES string of the molecule is COc1ncc(-c2ccccc2)cc1CNCc1ccccc1. The van der Waals surface area contributed by atoms with Gasteiger partial charge in [-0.1, -0.05) is 60.7 Å². The molecule has 3 heteroatoms. The molecule has 0 saturated carbocycles. The van der Waals surface area contributed by atoms with Gasteiger partial charge >= 0.3 is 0 Å². The van der Waals surface area contributed by atoms with E-state index >= 15 is 0 Å². The van der Waals surface area contributed by atoms with Crippen LogP contribution in [0.25, 0.3) is 11.1 Å². The summed E-state index contributed by atoms with van der Waals surface area (Å²) >= 11 is 0. The van der Waals surface area contributed by atoms with E-state index in [1.165, 1.54) is 5.56 Å². The summed E-state index contributed by atoms with van der Waals surface area (Å²) in [5, 5.41) is 3.45. The minimum Gasteiger partial charge on any atom is -0.481 e. The average Bonchev–Trinajstić information content (AvgIpc) is 2.63. The van der Waals surface area contributed by atoms with Gasteiger partial charge in [-0.2, -0.15) is 0 Å². The van der Waals surface area contributed by atoms with Gasteiger partial charge in [-0.25, -0.2) is 4.98 Å². The normalized spacial score (nSPS) is 10.5. The third kappa shape index (κ3) is 3.96. The van der Waals surface area contributed by atoms with Crippen LogP contribution in [0, 0.1) is 0 Å². The molecule has 0 fully saturated rings. The lowest BCUT2D eigenvalue weighted by molar-refractivity contribution is 0.390. The fourth-order valence-electron chi connectivity index (χ4n) is 2.53. The Labute approximate surface area is 137 Å². The molecule has 0 spiro atoms. The number of methoxy groups -OCH3 is 1. The van der Waals surface area contributed by atoms with E-state index in [0.717, 1.165) is 23.2 Å². The lowest BCUT2D eigenvalue weighted by Crippen LogP contribution is -2.13. The Hall–Kier alpha value is -2.65. The molecule has 1 aromatic heterocycles. The Balaban J connectivity index is 1.74. The molecule has 3 aromatic rings. The third-order valence-corrected chi connectivity index (χ3v) is 3.71. The maximum Gasteiger partial charge on any atom is 0.217 e. The van der Waals surface area contributed by atoms with Crippen molar-refractivity contribution in [3.05, 3.63) is 84.1 Å². The van der Waals surface area contributed by atoms with Crippen molar-refractivity contribution < 1.29 is 4.74 Å². The van der Waals surface area contributed by atoms with E-state index in [1.807, 2.05) is 30.5 Å². The fraction of sp³-hybridized carbons (Fsp3) is 0.150. The highest BCUT2D eigenvalue weighted by Crippen LogP contribution is 2.24. The predicted molar refractivity (Wildman–Crippen MR) is 93.2 cm³/mol. The smallest absolute Gasteiger partial charge is 0.217 e. The summed E-state index contributed by atoms with van der Waals surface area (Å²) in [5.41, 5.74) is 4.58. The Bertz CT molecular complexity index is 742. The average molecular weight is 304 g/mol. The van der Waals surface area contributed by atoms with E-state index in [4.69, 9.17) is 4.74 Å². The van der Waals surface area contributed by atoms with Crippen LogP contribution in [0.3, 0.4) is 0 Å². The Morgan fingerprint density at radius 2 is 1.57 bits per heavy atom. The summed E-state index contributed by atoms with van der Waals surface area (Å²) in [4.78, 5) is 4.44. The molecule has 0 bridgehead atoms. The molecule has 0 aliphatic heterocycles. The van der Waals surface area contributed by atoms with Crippen molar-refractivity contribution in [3.63, 3.8) is 0 Å². The van der Waals surface area contributed by atoms with Crippen molar-refractivity contribution in [1.29, 1.82) is 0 Å². The van der Waals surface area contributed by atoms with Crippen molar-refractivity contribution in [1.82, 2.24) is 10.3 Å². The van der Waals surface area contributed by atoms with E-state index < -0.39 is 0 Å². The molecule has 0 aliphatic carbocycles. The van der Waals surface area contributed by atoms with Gasteiger partial charge in [0.05, 0.1) is 7.11 Å². The highest BCUT2D eigenvalue weighted by atomic mass is 16.5. The van der Waals surface area contributed by atoms with Gasteiger partial charge in [0.15, 0.2) is 0 Å². The van der Waals surface area contributed by atoms with Gasteiger partial charge in [0.1, 0.15) is 0 Å². The molecule has 3 nitrogen and oxygen atoms in total. The van der Waals surface area contributed by atoms with Crippen LogP contribution in [0.5, 0.6) is 5.88 Å². The van der Waals surface area contributed by atoms with E-state index in [2.05, 4.69) is 52.8 Å². The van der Waals surface area contributed by atoms with Gasteiger partial charge in [0, 0.05) is 30.4 Å². The lowest BCUT2D eigenvalue weighted by atomic mass is 10.1. The lowest BCUT2D eigenvalue weighted by Gasteiger charge is -2.11. The van der Waals surface area contributed by atoms with E-state index in [0.29, 0.717) is 12.4 Å². The first-order valence-electron chi connectivity index (χ1n) is 7.70. The molecule has 0 saturated heterocycles. The fourth-order valence-corrected chi connectivity index (χ4v) is 2.53. The molecule has 1 N–H and O–H groups in total. The zero-order valence-electron chi connectivity index (χ0n) is 13.2. The Morgan fingerprint density at radius 1 is 0.870 bits per heavy atom. The zero-order chi connectivity index (χ0) is 15.9. The van der Waals surface area contributed by atoms with E-state index in [9.17, 15) is 0 Å². The van der Waals surface area contributed by atoms with Crippen LogP contribution < -0.4 is 10.1 Å². The molecule has 0 radical (unpaired) electrons. The second-order valence-electron chi connectivity index (χ2n) is 5.35. The number of nitrogens with one attached hydrogen (secondary N) is 1. The van der Waals surface area contributed by atoms with Crippen LogP contribution in [0.1, 0.15) is 11.1 Å². The summed E-state index contributed by atoms with van der Waals surface area (Å²) < 4.78 is 5.39. The summed E-state index contributed by atoms with van der Waals surface area (Å²) in [7, 11) is 1.66. The Kier molecular flexibility index (Phi) is 5.02. The monoisotopic (exact) mass is 304 g/mol. The van der Waals surface area contributed by atoms with Gasteiger partial charge in [0.2, 0.25) is 5.88 Å². The topological polar surface area (TPSA) is 34.1 Å². The molecule has 2 aromatic carbocycles. The summed E-state index contributed by atoms with van der Waals surface area (Å²) in [6.07, 6.45) is 1.86. The van der Waals surface area contributed by atoms with Crippen LogP contribution in [-0.2, 0) is 13.1 Å². The molecule has 23 heavy (non-hydrogen) atoms. The second-order valence-corrected chi connectivity index (χ2v) is 5.35. The molecular formula is C20H20N2O. The van der Waals surface area contributed by atoms with E-state index in [-0.39, 0.29) is 0 Å². The Morgan fingerprint density at radius 3 is 2.26 bits per heavy atom. The van der Waals surface area contributed by atoms with Crippen molar-refractivity contribution in [2.24, 2.45) is 0 Å². The number of benzene rings is 2. The van der Waals surface area contributed by atoms with Gasteiger partial charge in [-0.15, -0.1) is 0 Å². The molecule has 0 amide bonds. The standard InChI is InChI=1S/C20H20N2O/c1-23-20-19(14-21-13-16-8-4-2-5-9-16)12-18(15-22-20)17-10-6-3-7-11-17/h2-12,15,21H,13-14H2,1H3. The molecule has 0 unspecified atom stereocenters. The van der Waals surface area contributed by atoms with Gasteiger partial charge in [-0.05, 0) is 17.2 Å². The number of nitrogens with zero attached hydrogens (tertiary/aromatic N) is 1. The van der Waals surface area contributed by atoms with Crippen LogP contribution in [0.2, 0.25) is 0 Å². The highest BCUT2D eigenvalue weighted by molar-refractivity contribution is 5.63. The first-order chi connectivity index (χ1) is 11.4.